The number of nitrogen functional groups attached to an aromatic ring is 1. The van der Waals surface area contributed by atoms with Gasteiger partial charge in [-0.2, -0.15) is 0 Å². The van der Waals surface area contributed by atoms with Crippen molar-refractivity contribution in [1.82, 2.24) is 5.32 Å². The van der Waals surface area contributed by atoms with Gasteiger partial charge in [-0.15, -0.1) is 0 Å². The fourth-order valence-corrected chi connectivity index (χ4v) is 3.19. The van der Waals surface area contributed by atoms with Crippen LogP contribution in [0.3, 0.4) is 0 Å². The Balaban J connectivity index is 1.67. The van der Waals surface area contributed by atoms with Gasteiger partial charge in [-0.1, -0.05) is 38.3 Å². The highest BCUT2D eigenvalue weighted by atomic mass is 16.1. The molecule has 20 heavy (non-hydrogen) atoms. The third-order valence-corrected chi connectivity index (χ3v) is 4.24. The van der Waals surface area contributed by atoms with Gasteiger partial charge in [0.15, 0.2) is 0 Å². The topological polar surface area (TPSA) is 55.1 Å². The summed E-state index contributed by atoms with van der Waals surface area (Å²) in [4.78, 5) is 11.9. The first-order chi connectivity index (χ1) is 9.63. The van der Waals surface area contributed by atoms with Crippen molar-refractivity contribution in [2.45, 2.75) is 45.4 Å². The van der Waals surface area contributed by atoms with Crippen molar-refractivity contribution in [1.29, 1.82) is 0 Å². The molecule has 1 aliphatic rings. The minimum Gasteiger partial charge on any atom is -0.399 e. The van der Waals surface area contributed by atoms with Crippen LogP contribution in [0.15, 0.2) is 24.3 Å². The Morgan fingerprint density at radius 2 is 2.25 bits per heavy atom. The van der Waals surface area contributed by atoms with Gasteiger partial charge >= 0.3 is 0 Å². The number of nitrogens with one attached hydrogen (secondary N) is 1. The van der Waals surface area contributed by atoms with Gasteiger partial charge in [0, 0.05) is 12.2 Å². The van der Waals surface area contributed by atoms with Gasteiger partial charge < -0.3 is 11.1 Å². The zero-order valence-corrected chi connectivity index (χ0v) is 12.4. The molecule has 1 fully saturated rings. The van der Waals surface area contributed by atoms with Crippen LogP contribution in [0.25, 0.3) is 0 Å². The maximum Gasteiger partial charge on any atom is 0.224 e. The number of hydrogen-bond donors (Lipinski definition) is 2. The molecule has 0 heterocycles. The average Bonchev–Trinajstić information content (AvgIpc) is 2.38. The smallest absolute Gasteiger partial charge is 0.224 e. The molecule has 0 spiro atoms. The molecule has 2 unspecified atom stereocenters. The van der Waals surface area contributed by atoms with Gasteiger partial charge in [-0.3, -0.25) is 4.79 Å². The van der Waals surface area contributed by atoms with E-state index in [-0.39, 0.29) is 5.91 Å². The summed E-state index contributed by atoms with van der Waals surface area (Å²) in [6.45, 7) is 3.14. The summed E-state index contributed by atoms with van der Waals surface area (Å²) in [6.07, 6.45) is 6.92. The molecule has 110 valence electrons. The molecule has 1 aliphatic carbocycles. The second kappa shape index (κ2) is 7.32. The molecule has 3 nitrogen and oxygen atoms in total. The van der Waals surface area contributed by atoms with Crippen molar-refractivity contribution < 1.29 is 4.79 Å². The van der Waals surface area contributed by atoms with Crippen LogP contribution in [-0.2, 0) is 11.2 Å². The van der Waals surface area contributed by atoms with Gasteiger partial charge in [0.1, 0.15) is 0 Å². The lowest BCUT2D eigenvalue weighted by atomic mass is 9.81. The first kappa shape index (κ1) is 14.9. The monoisotopic (exact) mass is 274 g/mol. The minimum atomic E-state index is 0.0967. The zero-order chi connectivity index (χ0) is 14.4. The van der Waals surface area contributed by atoms with Crippen molar-refractivity contribution in [3.8, 4) is 0 Å². The van der Waals surface area contributed by atoms with Crippen molar-refractivity contribution in [2.75, 3.05) is 12.3 Å². The Morgan fingerprint density at radius 1 is 1.40 bits per heavy atom. The number of rotatable bonds is 5. The normalized spacial score (nSPS) is 22.4. The summed E-state index contributed by atoms with van der Waals surface area (Å²) in [7, 11) is 0. The molecule has 0 aromatic heterocycles. The van der Waals surface area contributed by atoms with E-state index in [1.54, 1.807) is 0 Å². The maximum atomic E-state index is 11.9. The first-order valence-electron chi connectivity index (χ1n) is 7.74. The third kappa shape index (κ3) is 4.87. The predicted octanol–water partition coefficient (Wildman–Crippen LogP) is 3.14. The molecular formula is C17H26N2O. The third-order valence-electron chi connectivity index (χ3n) is 4.24. The fourth-order valence-electron chi connectivity index (χ4n) is 3.19. The number of nitrogens with two attached hydrogens (primary N) is 1. The number of benzene rings is 1. The largest absolute Gasteiger partial charge is 0.399 e. The summed E-state index contributed by atoms with van der Waals surface area (Å²) in [5.74, 6) is 1.75. The maximum absolute atomic E-state index is 11.9. The number of anilines is 1. The molecule has 3 heteroatoms. The van der Waals surface area contributed by atoms with E-state index in [1.165, 1.54) is 25.7 Å². The zero-order valence-electron chi connectivity index (χ0n) is 12.4. The number of carbonyl (C=O) groups excluding carboxylic acids is 1. The number of amides is 1. The van der Waals surface area contributed by atoms with Gasteiger partial charge in [0.2, 0.25) is 5.91 Å². The van der Waals surface area contributed by atoms with E-state index in [2.05, 4.69) is 12.2 Å². The van der Waals surface area contributed by atoms with E-state index in [0.717, 1.165) is 30.4 Å². The Kier molecular flexibility index (Phi) is 5.45. The molecule has 3 N–H and O–H groups in total. The van der Waals surface area contributed by atoms with Crippen molar-refractivity contribution in [2.24, 2.45) is 11.8 Å². The molecule has 1 saturated carbocycles. The molecule has 0 aliphatic heterocycles. The molecule has 0 radical (unpaired) electrons. The molecule has 0 saturated heterocycles. The lowest BCUT2D eigenvalue weighted by molar-refractivity contribution is -0.120. The van der Waals surface area contributed by atoms with Crippen molar-refractivity contribution in [3.63, 3.8) is 0 Å². The predicted molar refractivity (Wildman–Crippen MR) is 83.3 cm³/mol. The summed E-state index contributed by atoms with van der Waals surface area (Å²) >= 11 is 0. The summed E-state index contributed by atoms with van der Waals surface area (Å²) in [6, 6.07) is 7.54. The second-order valence-electron chi connectivity index (χ2n) is 6.20. The van der Waals surface area contributed by atoms with Crippen molar-refractivity contribution >= 4 is 11.6 Å². The molecule has 2 rings (SSSR count). The molecular weight excluding hydrogens is 248 g/mol. The fraction of sp³-hybridized carbons (Fsp3) is 0.588. The average molecular weight is 274 g/mol. The first-order valence-corrected chi connectivity index (χ1v) is 7.74. The standard InChI is InChI=1S/C17H26N2O/c1-13-4-2-5-14(10-13)8-9-19-17(20)12-15-6-3-7-16(18)11-15/h3,6-7,11,13-14H,2,4-5,8-10,12,18H2,1H3,(H,19,20). The van der Waals surface area contributed by atoms with Crippen LogP contribution < -0.4 is 11.1 Å². The van der Waals surface area contributed by atoms with Crippen molar-refractivity contribution in [3.05, 3.63) is 29.8 Å². The van der Waals surface area contributed by atoms with E-state index in [0.29, 0.717) is 12.1 Å². The number of carbonyl (C=O) groups is 1. The Hall–Kier alpha value is -1.51. The Labute approximate surface area is 121 Å². The molecule has 1 aromatic rings. The second-order valence-corrected chi connectivity index (χ2v) is 6.20. The molecule has 2 atom stereocenters. The highest BCUT2D eigenvalue weighted by molar-refractivity contribution is 5.78. The lowest BCUT2D eigenvalue weighted by Crippen LogP contribution is -2.28. The molecule has 1 amide bonds. The van der Waals surface area contributed by atoms with E-state index >= 15 is 0 Å². The van der Waals surface area contributed by atoms with Crippen LogP contribution in [0, 0.1) is 11.8 Å². The van der Waals surface area contributed by atoms with Crippen LogP contribution >= 0.6 is 0 Å². The van der Waals surface area contributed by atoms with E-state index in [4.69, 9.17) is 5.73 Å². The van der Waals surface area contributed by atoms with E-state index in [1.807, 2.05) is 24.3 Å². The van der Waals surface area contributed by atoms with Crippen LogP contribution in [0.1, 0.15) is 44.6 Å². The van der Waals surface area contributed by atoms with Gasteiger partial charge in [0.05, 0.1) is 6.42 Å². The van der Waals surface area contributed by atoms with Gasteiger partial charge in [-0.05, 0) is 42.4 Å². The van der Waals surface area contributed by atoms with E-state index < -0.39 is 0 Å². The Bertz CT molecular complexity index is 444. The lowest BCUT2D eigenvalue weighted by Gasteiger charge is -2.26. The van der Waals surface area contributed by atoms with Crippen LogP contribution in [-0.4, -0.2) is 12.5 Å². The van der Waals surface area contributed by atoms with Crippen LogP contribution in [0.4, 0.5) is 5.69 Å². The molecule has 1 aromatic carbocycles. The highest BCUT2D eigenvalue weighted by Gasteiger charge is 2.18. The summed E-state index contributed by atoms with van der Waals surface area (Å²) in [5, 5.41) is 3.03. The Morgan fingerprint density at radius 3 is 3.00 bits per heavy atom. The number of hydrogen-bond acceptors (Lipinski definition) is 2. The van der Waals surface area contributed by atoms with Gasteiger partial charge in [0.25, 0.3) is 0 Å². The van der Waals surface area contributed by atoms with E-state index in [9.17, 15) is 4.79 Å². The van der Waals surface area contributed by atoms with Crippen LogP contribution in [0.5, 0.6) is 0 Å². The molecule has 0 bridgehead atoms. The summed E-state index contributed by atoms with van der Waals surface area (Å²) in [5.41, 5.74) is 7.41. The van der Waals surface area contributed by atoms with Gasteiger partial charge in [-0.25, -0.2) is 0 Å². The summed E-state index contributed by atoms with van der Waals surface area (Å²) < 4.78 is 0. The minimum absolute atomic E-state index is 0.0967. The SMILES string of the molecule is CC1CCCC(CCNC(=O)Cc2cccc(N)c2)C1. The van der Waals surface area contributed by atoms with Crippen LogP contribution in [0.2, 0.25) is 0 Å². The quantitative estimate of drug-likeness (QED) is 0.810. The highest BCUT2D eigenvalue weighted by Crippen LogP contribution is 2.30.